The first-order valence-electron chi connectivity index (χ1n) is 17.7. The van der Waals surface area contributed by atoms with E-state index in [9.17, 15) is 0 Å². The van der Waals surface area contributed by atoms with Gasteiger partial charge >= 0.3 is 0 Å². The smallest absolute Gasteiger partial charge is 0.0544 e. The zero-order chi connectivity index (χ0) is 33.5. The van der Waals surface area contributed by atoms with Crippen LogP contribution in [0, 0.1) is 0 Å². The lowest BCUT2D eigenvalue weighted by molar-refractivity contribution is 1.26. The number of hydrogen-bond acceptors (Lipinski definition) is 0. The van der Waals surface area contributed by atoms with Crippen LogP contribution in [0.25, 0.3) is 99.2 Å². The summed E-state index contributed by atoms with van der Waals surface area (Å²) in [6.07, 6.45) is 0.877. The number of aromatic amines is 2. The fourth-order valence-corrected chi connectivity index (χ4v) is 8.90. The van der Waals surface area contributed by atoms with Crippen LogP contribution in [0.15, 0.2) is 170 Å². The largest absolute Gasteiger partial charge is 0.354 e. The number of H-pyrrole nitrogens is 2. The summed E-state index contributed by atoms with van der Waals surface area (Å²) < 4.78 is 0. The van der Waals surface area contributed by atoms with Crippen molar-refractivity contribution in [2.24, 2.45) is 0 Å². The van der Waals surface area contributed by atoms with Crippen molar-refractivity contribution in [1.82, 2.24) is 9.97 Å². The summed E-state index contributed by atoms with van der Waals surface area (Å²) >= 11 is 0. The van der Waals surface area contributed by atoms with Crippen molar-refractivity contribution < 1.29 is 0 Å². The average Bonchev–Trinajstić information content (AvgIpc) is 3.89. The topological polar surface area (TPSA) is 31.6 Å². The summed E-state index contributed by atoms with van der Waals surface area (Å²) in [4.78, 5) is 7.79. The standard InChI is InChI=1S/C49H32N2/c1-3-15-30(16-4-1)43-40-29-32-19-7-8-20-33(32)45(40)47(39-26-14-24-37-35-22-10-12-28-42(35)51-49(37)39)46(44(43)31-17-5-2-6-18-31)38-25-13-23-36-34-21-9-11-27-41(34)50-48(36)38/h1-28,50-51H,29H2. The number of nitrogens with one attached hydrogen (secondary N) is 2. The second-order valence-electron chi connectivity index (χ2n) is 13.7. The van der Waals surface area contributed by atoms with Gasteiger partial charge in [-0.05, 0) is 63.1 Å². The Morgan fingerprint density at radius 3 is 1.37 bits per heavy atom. The molecule has 2 heteroatoms. The Bertz CT molecular complexity index is 2980. The Labute approximate surface area is 295 Å². The Morgan fingerprint density at radius 1 is 0.314 bits per heavy atom. The molecule has 0 saturated carbocycles. The van der Waals surface area contributed by atoms with E-state index in [1.165, 1.54) is 93.8 Å². The van der Waals surface area contributed by atoms with Crippen LogP contribution >= 0.6 is 0 Å². The monoisotopic (exact) mass is 648 g/mol. The van der Waals surface area contributed by atoms with E-state index in [-0.39, 0.29) is 0 Å². The van der Waals surface area contributed by atoms with E-state index >= 15 is 0 Å². The third kappa shape index (κ3) is 4.11. The predicted molar refractivity (Wildman–Crippen MR) is 215 cm³/mol. The van der Waals surface area contributed by atoms with Gasteiger partial charge in [0.2, 0.25) is 0 Å². The fraction of sp³-hybridized carbons (Fsp3) is 0.0204. The minimum atomic E-state index is 0.877. The quantitative estimate of drug-likeness (QED) is 0.190. The number of hydrogen-bond donors (Lipinski definition) is 2. The molecule has 2 aromatic heterocycles. The van der Waals surface area contributed by atoms with Gasteiger partial charge in [0, 0.05) is 54.8 Å². The number of benzene rings is 8. The molecule has 11 rings (SSSR count). The molecule has 2 N–H and O–H groups in total. The van der Waals surface area contributed by atoms with Crippen LogP contribution in [0.4, 0.5) is 0 Å². The highest BCUT2D eigenvalue weighted by Gasteiger charge is 2.33. The molecule has 0 fully saturated rings. The molecule has 0 radical (unpaired) electrons. The van der Waals surface area contributed by atoms with Crippen LogP contribution in [0.3, 0.4) is 0 Å². The van der Waals surface area contributed by atoms with E-state index in [1.54, 1.807) is 0 Å². The van der Waals surface area contributed by atoms with Gasteiger partial charge in [-0.15, -0.1) is 0 Å². The van der Waals surface area contributed by atoms with Gasteiger partial charge < -0.3 is 9.97 Å². The highest BCUT2D eigenvalue weighted by Crippen LogP contribution is 2.57. The summed E-state index contributed by atoms with van der Waals surface area (Å²) in [7, 11) is 0. The predicted octanol–water partition coefficient (Wildman–Crippen LogP) is 13.2. The summed E-state index contributed by atoms with van der Waals surface area (Å²) in [5, 5.41) is 4.96. The SMILES string of the molecule is c1ccc(-c2c3c(c(-c4cccc5c4[nH]c4ccccc45)c(-c4cccc5c4[nH]c4ccccc45)c2-c2ccccc2)-c2ccccc2C3)cc1. The molecule has 1 aliphatic rings. The molecule has 0 unspecified atom stereocenters. The van der Waals surface area contributed by atoms with Crippen molar-refractivity contribution in [2.45, 2.75) is 6.42 Å². The Kier molecular flexibility index (Phi) is 6.05. The first-order valence-corrected chi connectivity index (χ1v) is 17.7. The molecule has 0 atom stereocenters. The lowest BCUT2D eigenvalue weighted by Crippen LogP contribution is -2.01. The van der Waals surface area contributed by atoms with E-state index in [1.807, 2.05) is 0 Å². The maximum Gasteiger partial charge on any atom is 0.0544 e. The van der Waals surface area contributed by atoms with Gasteiger partial charge in [-0.1, -0.05) is 158 Å². The Hall–Kier alpha value is -6.64. The second-order valence-corrected chi connectivity index (χ2v) is 13.7. The van der Waals surface area contributed by atoms with Crippen LogP contribution < -0.4 is 0 Å². The molecule has 238 valence electrons. The van der Waals surface area contributed by atoms with Gasteiger partial charge in [0.05, 0.1) is 11.0 Å². The second kappa shape index (κ2) is 10.9. The van der Waals surface area contributed by atoms with Crippen molar-refractivity contribution in [3.63, 3.8) is 0 Å². The van der Waals surface area contributed by atoms with E-state index in [0.717, 1.165) is 23.0 Å². The molecule has 0 amide bonds. The highest BCUT2D eigenvalue weighted by molar-refractivity contribution is 6.21. The minimum Gasteiger partial charge on any atom is -0.354 e. The summed E-state index contributed by atoms with van der Waals surface area (Å²) in [5.74, 6) is 0. The normalized spacial score (nSPS) is 12.2. The zero-order valence-corrected chi connectivity index (χ0v) is 27.9. The maximum atomic E-state index is 3.90. The van der Waals surface area contributed by atoms with E-state index in [2.05, 4.69) is 180 Å². The highest BCUT2D eigenvalue weighted by atomic mass is 14.7. The number of fused-ring (bicyclic) bond motifs is 9. The molecule has 10 aromatic rings. The summed E-state index contributed by atoms with van der Waals surface area (Å²) in [5.41, 5.74) is 20.0. The maximum absolute atomic E-state index is 3.90. The molecule has 0 saturated heterocycles. The van der Waals surface area contributed by atoms with Gasteiger partial charge in [0.1, 0.15) is 0 Å². The van der Waals surface area contributed by atoms with E-state index in [4.69, 9.17) is 0 Å². The van der Waals surface area contributed by atoms with E-state index < -0.39 is 0 Å². The van der Waals surface area contributed by atoms with E-state index in [0.29, 0.717) is 0 Å². The average molecular weight is 649 g/mol. The van der Waals surface area contributed by atoms with Crippen molar-refractivity contribution in [3.8, 4) is 55.6 Å². The number of para-hydroxylation sites is 4. The molecular formula is C49H32N2. The Morgan fingerprint density at radius 2 is 0.765 bits per heavy atom. The molecule has 1 aliphatic carbocycles. The number of aromatic nitrogens is 2. The van der Waals surface area contributed by atoms with Gasteiger partial charge in [-0.2, -0.15) is 0 Å². The summed E-state index contributed by atoms with van der Waals surface area (Å²) in [6, 6.07) is 62.2. The van der Waals surface area contributed by atoms with Crippen molar-refractivity contribution in [2.75, 3.05) is 0 Å². The third-order valence-electron chi connectivity index (χ3n) is 11.0. The van der Waals surface area contributed by atoms with Crippen LogP contribution in [-0.4, -0.2) is 9.97 Å². The summed E-state index contributed by atoms with van der Waals surface area (Å²) in [6.45, 7) is 0. The Balaban J connectivity index is 1.42. The third-order valence-corrected chi connectivity index (χ3v) is 11.0. The fourth-order valence-electron chi connectivity index (χ4n) is 8.90. The lowest BCUT2D eigenvalue weighted by Gasteiger charge is -2.26. The molecule has 2 nitrogen and oxygen atoms in total. The lowest BCUT2D eigenvalue weighted by atomic mass is 9.76. The van der Waals surface area contributed by atoms with Crippen molar-refractivity contribution >= 4 is 43.6 Å². The first-order chi connectivity index (χ1) is 25.3. The first kappa shape index (κ1) is 28.2. The number of rotatable bonds is 4. The van der Waals surface area contributed by atoms with Crippen LogP contribution in [0.5, 0.6) is 0 Å². The van der Waals surface area contributed by atoms with Crippen molar-refractivity contribution in [3.05, 3.63) is 181 Å². The van der Waals surface area contributed by atoms with Gasteiger partial charge in [-0.25, -0.2) is 0 Å². The molecule has 51 heavy (non-hydrogen) atoms. The van der Waals surface area contributed by atoms with Crippen molar-refractivity contribution in [1.29, 1.82) is 0 Å². The van der Waals surface area contributed by atoms with Crippen LogP contribution in [-0.2, 0) is 6.42 Å². The molecule has 0 bridgehead atoms. The van der Waals surface area contributed by atoms with Crippen LogP contribution in [0.1, 0.15) is 11.1 Å². The molecule has 2 heterocycles. The van der Waals surface area contributed by atoms with Gasteiger partial charge in [0.15, 0.2) is 0 Å². The van der Waals surface area contributed by atoms with Gasteiger partial charge in [0.25, 0.3) is 0 Å². The molecule has 0 spiro atoms. The zero-order valence-electron chi connectivity index (χ0n) is 27.9. The minimum absolute atomic E-state index is 0.877. The molecular weight excluding hydrogens is 617 g/mol. The molecule has 0 aliphatic heterocycles. The van der Waals surface area contributed by atoms with Crippen LogP contribution in [0.2, 0.25) is 0 Å². The van der Waals surface area contributed by atoms with Gasteiger partial charge in [-0.3, -0.25) is 0 Å². The molecule has 8 aromatic carbocycles.